The third kappa shape index (κ3) is 2.63. The van der Waals surface area contributed by atoms with Gasteiger partial charge in [0.15, 0.2) is 0 Å². The molecule has 1 aromatic rings. The lowest BCUT2D eigenvalue weighted by Crippen LogP contribution is -2.41. The van der Waals surface area contributed by atoms with Crippen LogP contribution in [0, 0.1) is 5.92 Å². The molecule has 2 rings (SSSR count). The summed E-state index contributed by atoms with van der Waals surface area (Å²) >= 11 is 0. The van der Waals surface area contributed by atoms with E-state index in [4.69, 9.17) is 0 Å². The maximum Gasteiger partial charge on any atom is 0.251 e. The SMILES string of the molecule is C[C@@H]1CCCC[C@H]1NC(=O)c1ccccc1. The van der Waals surface area contributed by atoms with Crippen molar-refractivity contribution in [3.8, 4) is 0 Å². The third-order valence-corrected chi connectivity index (χ3v) is 3.46. The van der Waals surface area contributed by atoms with Gasteiger partial charge in [0.25, 0.3) is 5.91 Å². The zero-order valence-corrected chi connectivity index (χ0v) is 9.78. The van der Waals surface area contributed by atoms with Crippen LogP contribution in [0.1, 0.15) is 43.0 Å². The van der Waals surface area contributed by atoms with E-state index in [1.54, 1.807) is 0 Å². The summed E-state index contributed by atoms with van der Waals surface area (Å²) in [4.78, 5) is 11.9. The van der Waals surface area contributed by atoms with E-state index in [-0.39, 0.29) is 5.91 Å². The van der Waals surface area contributed by atoms with E-state index < -0.39 is 0 Å². The second-order valence-corrected chi connectivity index (χ2v) is 4.71. The largest absolute Gasteiger partial charge is 0.349 e. The van der Waals surface area contributed by atoms with Crippen LogP contribution in [0.4, 0.5) is 0 Å². The number of benzene rings is 1. The van der Waals surface area contributed by atoms with Gasteiger partial charge in [-0.3, -0.25) is 4.79 Å². The number of carbonyl (C=O) groups excluding carboxylic acids is 1. The maximum absolute atomic E-state index is 11.9. The predicted molar refractivity (Wildman–Crippen MR) is 65.3 cm³/mol. The van der Waals surface area contributed by atoms with Crippen molar-refractivity contribution in [1.82, 2.24) is 5.32 Å². The Morgan fingerprint density at radius 2 is 1.88 bits per heavy atom. The lowest BCUT2D eigenvalue weighted by atomic mass is 9.86. The minimum absolute atomic E-state index is 0.0688. The highest BCUT2D eigenvalue weighted by atomic mass is 16.1. The molecule has 0 bridgehead atoms. The fraction of sp³-hybridized carbons (Fsp3) is 0.500. The van der Waals surface area contributed by atoms with Crippen LogP contribution in [0.2, 0.25) is 0 Å². The van der Waals surface area contributed by atoms with Crippen molar-refractivity contribution in [2.75, 3.05) is 0 Å². The number of hydrogen-bond acceptors (Lipinski definition) is 1. The molecule has 0 spiro atoms. The Balaban J connectivity index is 1.96. The van der Waals surface area contributed by atoms with Crippen LogP contribution in [0.5, 0.6) is 0 Å². The zero-order valence-electron chi connectivity index (χ0n) is 9.78. The van der Waals surface area contributed by atoms with Crippen LogP contribution in [0.25, 0.3) is 0 Å². The number of nitrogens with one attached hydrogen (secondary N) is 1. The maximum atomic E-state index is 11.9. The topological polar surface area (TPSA) is 29.1 Å². The Hall–Kier alpha value is -1.31. The number of amides is 1. The number of rotatable bonds is 2. The Kier molecular flexibility index (Phi) is 3.60. The van der Waals surface area contributed by atoms with Crippen molar-refractivity contribution in [2.45, 2.75) is 38.6 Å². The molecule has 0 saturated heterocycles. The summed E-state index contributed by atoms with van der Waals surface area (Å²) in [7, 11) is 0. The van der Waals surface area contributed by atoms with Gasteiger partial charge < -0.3 is 5.32 Å². The molecule has 1 aliphatic rings. The molecule has 0 radical (unpaired) electrons. The molecule has 0 aliphatic heterocycles. The van der Waals surface area contributed by atoms with Crippen LogP contribution in [0.15, 0.2) is 30.3 Å². The lowest BCUT2D eigenvalue weighted by molar-refractivity contribution is 0.0910. The minimum atomic E-state index is 0.0688. The average molecular weight is 217 g/mol. The smallest absolute Gasteiger partial charge is 0.251 e. The monoisotopic (exact) mass is 217 g/mol. The molecule has 2 heteroatoms. The highest BCUT2D eigenvalue weighted by Gasteiger charge is 2.22. The molecule has 2 nitrogen and oxygen atoms in total. The first-order valence-electron chi connectivity index (χ1n) is 6.13. The first kappa shape index (κ1) is 11.2. The summed E-state index contributed by atoms with van der Waals surface area (Å²) in [6.07, 6.45) is 4.91. The number of carbonyl (C=O) groups is 1. The van der Waals surface area contributed by atoms with Crippen molar-refractivity contribution in [3.05, 3.63) is 35.9 Å². The molecule has 2 atom stereocenters. The molecule has 1 aliphatic carbocycles. The van der Waals surface area contributed by atoms with Gasteiger partial charge >= 0.3 is 0 Å². The second-order valence-electron chi connectivity index (χ2n) is 4.71. The summed E-state index contributed by atoms with van der Waals surface area (Å²) in [5, 5.41) is 3.15. The summed E-state index contributed by atoms with van der Waals surface area (Å²) in [6.45, 7) is 2.23. The van der Waals surface area contributed by atoms with Crippen molar-refractivity contribution in [1.29, 1.82) is 0 Å². The van der Waals surface area contributed by atoms with E-state index in [1.807, 2.05) is 30.3 Å². The van der Waals surface area contributed by atoms with Gasteiger partial charge in [0.05, 0.1) is 0 Å². The summed E-state index contributed by atoms with van der Waals surface area (Å²) in [5.41, 5.74) is 0.764. The van der Waals surface area contributed by atoms with Crippen LogP contribution in [-0.2, 0) is 0 Å². The third-order valence-electron chi connectivity index (χ3n) is 3.46. The van der Waals surface area contributed by atoms with Crippen molar-refractivity contribution < 1.29 is 4.79 Å². The van der Waals surface area contributed by atoms with E-state index in [2.05, 4.69) is 12.2 Å². The zero-order chi connectivity index (χ0) is 11.4. The molecule has 0 aromatic heterocycles. The van der Waals surface area contributed by atoms with Crippen molar-refractivity contribution in [2.24, 2.45) is 5.92 Å². The van der Waals surface area contributed by atoms with Crippen molar-refractivity contribution >= 4 is 5.91 Å². The molecule has 1 aromatic carbocycles. The Morgan fingerprint density at radius 3 is 2.56 bits per heavy atom. The van der Waals surface area contributed by atoms with Crippen molar-refractivity contribution in [3.63, 3.8) is 0 Å². The summed E-state index contributed by atoms with van der Waals surface area (Å²) in [5.74, 6) is 0.681. The quantitative estimate of drug-likeness (QED) is 0.810. The average Bonchev–Trinajstić information content (AvgIpc) is 2.33. The highest BCUT2D eigenvalue weighted by Crippen LogP contribution is 2.23. The first-order valence-corrected chi connectivity index (χ1v) is 6.13. The molecule has 0 heterocycles. The van der Waals surface area contributed by atoms with Gasteiger partial charge in [-0.2, -0.15) is 0 Å². The van der Waals surface area contributed by atoms with Gasteiger partial charge in [-0.15, -0.1) is 0 Å². The molecule has 1 saturated carbocycles. The van der Waals surface area contributed by atoms with E-state index in [0.29, 0.717) is 12.0 Å². The second kappa shape index (κ2) is 5.15. The Bertz CT molecular complexity index is 347. The van der Waals surface area contributed by atoms with Crippen LogP contribution in [-0.4, -0.2) is 11.9 Å². The van der Waals surface area contributed by atoms with Gasteiger partial charge in [0, 0.05) is 11.6 Å². The molecule has 1 amide bonds. The highest BCUT2D eigenvalue weighted by molar-refractivity contribution is 5.94. The molecular weight excluding hydrogens is 198 g/mol. The number of hydrogen-bond donors (Lipinski definition) is 1. The Morgan fingerprint density at radius 1 is 1.19 bits per heavy atom. The van der Waals surface area contributed by atoms with Crippen LogP contribution in [0.3, 0.4) is 0 Å². The molecule has 1 N–H and O–H groups in total. The van der Waals surface area contributed by atoms with E-state index >= 15 is 0 Å². The predicted octanol–water partition coefficient (Wildman–Crippen LogP) is 3.00. The standard InChI is InChI=1S/C14H19NO/c1-11-7-5-6-10-13(11)15-14(16)12-8-3-2-4-9-12/h2-4,8-9,11,13H,5-7,10H2,1H3,(H,15,16)/t11-,13-/m1/s1. The van der Waals surface area contributed by atoms with Gasteiger partial charge in [-0.1, -0.05) is 38.0 Å². The van der Waals surface area contributed by atoms with E-state index in [1.165, 1.54) is 19.3 Å². The minimum Gasteiger partial charge on any atom is -0.349 e. The Labute approximate surface area is 97.1 Å². The summed E-state index contributed by atoms with van der Waals surface area (Å²) < 4.78 is 0. The molecule has 0 unspecified atom stereocenters. The van der Waals surface area contributed by atoms with Gasteiger partial charge in [-0.25, -0.2) is 0 Å². The van der Waals surface area contributed by atoms with Crippen LogP contribution < -0.4 is 5.32 Å². The molecular formula is C14H19NO. The normalized spacial score (nSPS) is 25.1. The van der Waals surface area contributed by atoms with Gasteiger partial charge in [0.2, 0.25) is 0 Å². The molecule has 16 heavy (non-hydrogen) atoms. The fourth-order valence-electron chi connectivity index (χ4n) is 2.37. The molecule has 1 fully saturated rings. The first-order chi connectivity index (χ1) is 7.77. The molecule has 86 valence electrons. The van der Waals surface area contributed by atoms with Gasteiger partial charge in [-0.05, 0) is 30.9 Å². The van der Waals surface area contributed by atoms with Crippen LogP contribution >= 0.6 is 0 Å². The van der Waals surface area contributed by atoms with E-state index in [9.17, 15) is 4.79 Å². The van der Waals surface area contributed by atoms with Gasteiger partial charge in [0.1, 0.15) is 0 Å². The fourth-order valence-corrected chi connectivity index (χ4v) is 2.37. The summed E-state index contributed by atoms with van der Waals surface area (Å²) in [6, 6.07) is 9.82. The lowest BCUT2D eigenvalue weighted by Gasteiger charge is -2.29. The van der Waals surface area contributed by atoms with E-state index in [0.717, 1.165) is 12.0 Å².